The Morgan fingerprint density at radius 3 is 2.75 bits per heavy atom. The molecule has 0 amide bonds. The van der Waals surface area contributed by atoms with Gasteiger partial charge in [0, 0.05) is 16.3 Å². The fourth-order valence-electron chi connectivity index (χ4n) is 1.77. The lowest BCUT2D eigenvalue weighted by atomic mass is 9.93. The minimum atomic E-state index is 0.304. The smallest absolute Gasteiger partial charge is 0.173 e. The molecular weight excluding hydrogens is 284 g/mol. The Balaban J connectivity index is 2.48. The molecule has 1 unspecified atom stereocenters. The van der Waals surface area contributed by atoms with Crippen LogP contribution in [0.2, 0.25) is 0 Å². The number of Topliss-reactive ketones (excluding diaryl/α,β-unsaturated/α-hetero) is 1. The Labute approximate surface area is 110 Å². The number of ketones is 1. The molecule has 0 aliphatic rings. The number of carbonyl (C=O) groups is 1. The first-order chi connectivity index (χ1) is 7.67. The predicted octanol–water partition coefficient (Wildman–Crippen LogP) is 5.30. The van der Waals surface area contributed by atoms with E-state index < -0.39 is 0 Å². The lowest BCUT2D eigenvalue weighted by molar-refractivity contribution is 0.0961. The van der Waals surface area contributed by atoms with Gasteiger partial charge in [0.15, 0.2) is 5.78 Å². The summed E-state index contributed by atoms with van der Waals surface area (Å²) in [5.41, 5.74) is 0. The van der Waals surface area contributed by atoms with Crippen molar-refractivity contribution >= 4 is 33.0 Å². The summed E-state index contributed by atoms with van der Waals surface area (Å²) in [4.78, 5) is 12.9. The van der Waals surface area contributed by atoms with Crippen LogP contribution in [-0.2, 0) is 0 Å². The highest BCUT2D eigenvalue weighted by Gasteiger charge is 2.14. The van der Waals surface area contributed by atoms with Crippen molar-refractivity contribution in [2.24, 2.45) is 5.92 Å². The highest BCUT2D eigenvalue weighted by atomic mass is 79.9. The molecule has 16 heavy (non-hydrogen) atoms. The summed E-state index contributed by atoms with van der Waals surface area (Å²) in [5, 5.41) is 1.97. The molecule has 0 N–H and O–H groups in total. The summed E-state index contributed by atoms with van der Waals surface area (Å²) in [6.45, 7) is 4.38. The zero-order valence-corrected chi connectivity index (χ0v) is 12.4. The fraction of sp³-hybridized carbons (Fsp3) is 0.615. The van der Waals surface area contributed by atoms with E-state index in [0.29, 0.717) is 18.1 Å². The first kappa shape index (κ1) is 13.9. The van der Waals surface area contributed by atoms with Crippen LogP contribution < -0.4 is 0 Å². The maximum absolute atomic E-state index is 12.0. The van der Waals surface area contributed by atoms with E-state index in [1.807, 2.05) is 11.4 Å². The second-order valence-electron chi connectivity index (χ2n) is 4.17. The van der Waals surface area contributed by atoms with Crippen LogP contribution in [0.1, 0.15) is 55.6 Å². The van der Waals surface area contributed by atoms with Crippen LogP contribution in [0.25, 0.3) is 0 Å². The molecule has 0 saturated carbocycles. The summed E-state index contributed by atoms with van der Waals surface area (Å²) in [5.74, 6) is 0.868. The van der Waals surface area contributed by atoms with Crippen molar-refractivity contribution < 1.29 is 4.79 Å². The van der Waals surface area contributed by atoms with Crippen LogP contribution in [0.3, 0.4) is 0 Å². The van der Waals surface area contributed by atoms with Crippen molar-refractivity contribution in [1.82, 2.24) is 0 Å². The van der Waals surface area contributed by atoms with Crippen molar-refractivity contribution in [3.8, 4) is 0 Å². The van der Waals surface area contributed by atoms with Gasteiger partial charge in [0.05, 0.1) is 4.88 Å². The summed E-state index contributed by atoms with van der Waals surface area (Å²) < 4.78 is 1.02. The van der Waals surface area contributed by atoms with E-state index >= 15 is 0 Å². The van der Waals surface area contributed by atoms with E-state index in [0.717, 1.165) is 15.8 Å². The normalized spacial score (nSPS) is 12.7. The number of thiophene rings is 1. The number of rotatable bonds is 7. The minimum absolute atomic E-state index is 0.304. The SMILES string of the molecule is CCCCC(CC)CC(=O)c1cc(Br)cs1. The van der Waals surface area contributed by atoms with Gasteiger partial charge in [0.2, 0.25) is 0 Å². The van der Waals surface area contributed by atoms with Crippen LogP contribution in [0.5, 0.6) is 0 Å². The average molecular weight is 303 g/mol. The van der Waals surface area contributed by atoms with Gasteiger partial charge >= 0.3 is 0 Å². The van der Waals surface area contributed by atoms with Gasteiger partial charge in [-0.3, -0.25) is 4.79 Å². The molecule has 0 fully saturated rings. The van der Waals surface area contributed by atoms with Crippen molar-refractivity contribution in [3.05, 3.63) is 20.8 Å². The van der Waals surface area contributed by atoms with Gasteiger partial charge in [-0.05, 0) is 27.9 Å². The van der Waals surface area contributed by atoms with Gasteiger partial charge in [-0.1, -0.05) is 39.5 Å². The topological polar surface area (TPSA) is 17.1 Å². The third-order valence-electron chi connectivity index (χ3n) is 2.86. The lowest BCUT2D eigenvalue weighted by Crippen LogP contribution is -2.07. The standard InChI is InChI=1S/C13H19BrOS/c1-3-5-6-10(4-2)7-12(15)13-8-11(14)9-16-13/h8-10H,3-7H2,1-2H3. The van der Waals surface area contributed by atoms with Crippen LogP contribution in [-0.4, -0.2) is 5.78 Å². The molecule has 0 radical (unpaired) electrons. The average Bonchev–Trinajstić information content (AvgIpc) is 2.70. The van der Waals surface area contributed by atoms with E-state index in [9.17, 15) is 4.79 Å². The van der Waals surface area contributed by atoms with Gasteiger partial charge in [-0.25, -0.2) is 0 Å². The number of unbranched alkanes of at least 4 members (excludes halogenated alkanes) is 1. The Bertz CT molecular complexity index is 332. The predicted molar refractivity (Wildman–Crippen MR) is 74.3 cm³/mol. The Kier molecular flexibility index (Phi) is 6.29. The lowest BCUT2D eigenvalue weighted by Gasteiger charge is -2.12. The van der Waals surface area contributed by atoms with E-state index in [-0.39, 0.29) is 0 Å². The maximum Gasteiger partial charge on any atom is 0.173 e. The molecule has 0 aromatic carbocycles. The van der Waals surface area contributed by atoms with Crippen molar-refractivity contribution in [2.75, 3.05) is 0 Å². The Hall–Kier alpha value is -0.150. The molecule has 90 valence electrons. The Morgan fingerprint density at radius 1 is 1.50 bits per heavy atom. The molecule has 1 aromatic rings. The van der Waals surface area contributed by atoms with Crippen molar-refractivity contribution in [1.29, 1.82) is 0 Å². The summed E-state index contributed by atoms with van der Waals surface area (Å²) in [6.07, 6.45) is 5.46. The third kappa shape index (κ3) is 4.38. The molecule has 0 bridgehead atoms. The zero-order valence-electron chi connectivity index (χ0n) is 9.96. The molecule has 0 aliphatic heterocycles. The van der Waals surface area contributed by atoms with E-state index in [2.05, 4.69) is 29.8 Å². The summed E-state index contributed by atoms with van der Waals surface area (Å²) >= 11 is 4.92. The maximum atomic E-state index is 12.0. The van der Waals surface area contributed by atoms with E-state index in [4.69, 9.17) is 0 Å². The summed E-state index contributed by atoms with van der Waals surface area (Å²) in [6, 6.07) is 1.93. The van der Waals surface area contributed by atoms with Crippen LogP contribution in [0.4, 0.5) is 0 Å². The molecular formula is C13H19BrOS. The van der Waals surface area contributed by atoms with E-state index in [1.165, 1.54) is 30.6 Å². The molecule has 1 heterocycles. The number of hydrogen-bond donors (Lipinski definition) is 0. The quantitative estimate of drug-likeness (QED) is 0.625. The summed E-state index contributed by atoms with van der Waals surface area (Å²) in [7, 11) is 0. The molecule has 1 rings (SSSR count). The largest absolute Gasteiger partial charge is 0.293 e. The fourth-order valence-corrected chi connectivity index (χ4v) is 3.14. The van der Waals surface area contributed by atoms with Crippen molar-refractivity contribution in [3.63, 3.8) is 0 Å². The van der Waals surface area contributed by atoms with Crippen LogP contribution >= 0.6 is 27.3 Å². The highest BCUT2D eigenvalue weighted by Crippen LogP contribution is 2.24. The molecule has 0 saturated heterocycles. The van der Waals surface area contributed by atoms with Gasteiger partial charge in [-0.15, -0.1) is 11.3 Å². The highest BCUT2D eigenvalue weighted by molar-refractivity contribution is 9.10. The molecule has 1 nitrogen and oxygen atoms in total. The van der Waals surface area contributed by atoms with Crippen LogP contribution in [0, 0.1) is 5.92 Å². The monoisotopic (exact) mass is 302 g/mol. The van der Waals surface area contributed by atoms with Gasteiger partial charge in [-0.2, -0.15) is 0 Å². The molecule has 1 aromatic heterocycles. The molecule has 0 spiro atoms. The Morgan fingerprint density at radius 2 is 2.25 bits per heavy atom. The third-order valence-corrected chi connectivity index (χ3v) is 4.59. The van der Waals surface area contributed by atoms with Crippen LogP contribution in [0.15, 0.2) is 15.9 Å². The van der Waals surface area contributed by atoms with Gasteiger partial charge in [0.25, 0.3) is 0 Å². The number of halogens is 1. The molecule has 3 heteroatoms. The van der Waals surface area contributed by atoms with E-state index in [1.54, 1.807) is 0 Å². The second-order valence-corrected chi connectivity index (χ2v) is 6.00. The minimum Gasteiger partial charge on any atom is -0.293 e. The van der Waals surface area contributed by atoms with Gasteiger partial charge in [0.1, 0.15) is 0 Å². The van der Waals surface area contributed by atoms with Gasteiger partial charge < -0.3 is 0 Å². The molecule has 0 aliphatic carbocycles. The number of hydrogen-bond acceptors (Lipinski definition) is 2. The first-order valence-electron chi connectivity index (χ1n) is 5.94. The second kappa shape index (κ2) is 7.23. The van der Waals surface area contributed by atoms with Crippen molar-refractivity contribution in [2.45, 2.75) is 46.0 Å². The number of carbonyl (C=O) groups excluding carboxylic acids is 1. The first-order valence-corrected chi connectivity index (χ1v) is 7.61. The molecule has 1 atom stereocenters. The zero-order chi connectivity index (χ0) is 12.0.